The summed E-state index contributed by atoms with van der Waals surface area (Å²) in [6.07, 6.45) is 2.05. The number of carbonyl (C=O) groups excluding carboxylic acids is 1. The zero-order valence-electron chi connectivity index (χ0n) is 13.5. The van der Waals surface area contributed by atoms with Gasteiger partial charge in [-0.3, -0.25) is 9.69 Å². The Morgan fingerprint density at radius 2 is 2.18 bits per heavy atom. The molecule has 6 heteroatoms. The summed E-state index contributed by atoms with van der Waals surface area (Å²) in [5.74, 6) is 0.696. The highest BCUT2D eigenvalue weighted by Gasteiger charge is 2.32. The highest BCUT2D eigenvalue weighted by Crippen LogP contribution is 2.20. The van der Waals surface area contributed by atoms with Gasteiger partial charge in [-0.2, -0.15) is 0 Å². The van der Waals surface area contributed by atoms with E-state index in [1.54, 1.807) is 11.3 Å². The zero-order valence-corrected chi connectivity index (χ0v) is 14.4. The van der Waals surface area contributed by atoms with Crippen molar-refractivity contribution in [1.29, 1.82) is 0 Å². The van der Waals surface area contributed by atoms with E-state index in [0.29, 0.717) is 17.7 Å². The van der Waals surface area contributed by atoms with E-state index >= 15 is 0 Å². The second kappa shape index (κ2) is 7.06. The Kier molecular flexibility index (Phi) is 5.10. The fourth-order valence-corrected chi connectivity index (χ4v) is 4.27. The fourth-order valence-electron chi connectivity index (χ4n) is 3.29. The van der Waals surface area contributed by atoms with Gasteiger partial charge in [0.25, 0.3) is 5.91 Å². The highest BCUT2D eigenvalue weighted by atomic mass is 32.1. The van der Waals surface area contributed by atoms with Gasteiger partial charge in [-0.25, -0.2) is 4.98 Å². The van der Waals surface area contributed by atoms with Crippen molar-refractivity contribution in [3.63, 3.8) is 0 Å². The largest absolute Gasteiger partial charge is 0.336 e. The molecule has 1 amide bonds. The molecule has 5 nitrogen and oxygen atoms in total. The Hall–Kier alpha value is -0.980. The molecule has 1 unspecified atom stereocenters. The van der Waals surface area contributed by atoms with Crippen LogP contribution >= 0.6 is 11.3 Å². The maximum Gasteiger partial charge on any atom is 0.273 e. The van der Waals surface area contributed by atoms with Crippen LogP contribution in [-0.2, 0) is 6.42 Å². The molecule has 0 saturated carbocycles. The Morgan fingerprint density at radius 1 is 1.41 bits per heavy atom. The Morgan fingerprint density at radius 3 is 2.91 bits per heavy atom. The van der Waals surface area contributed by atoms with E-state index in [4.69, 9.17) is 0 Å². The number of piperazine rings is 1. The monoisotopic (exact) mass is 322 g/mol. The third-order valence-corrected chi connectivity index (χ3v) is 5.34. The summed E-state index contributed by atoms with van der Waals surface area (Å²) in [6, 6.07) is 0.528. The van der Waals surface area contributed by atoms with Gasteiger partial charge in [0, 0.05) is 57.1 Å². The molecule has 22 heavy (non-hydrogen) atoms. The number of likely N-dealkylation sites (tertiary alicyclic amines) is 1. The molecule has 1 N–H and O–H groups in total. The van der Waals surface area contributed by atoms with Gasteiger partial charge in [0.2, 0.25) is 0 Å². The average Bonchev–Trinajstić information content (AvgIpc) is 3.16. The smallest absolute Gasteiger partial charge is 0.273 e. The van der Waals surface area contributed by atoms with Gasteiger partial charge >= 0.3 is 0 Å². The lowest BCUT2D eigenvalue weighted by Crippen LogP contribution is -2.49. The number of nitrogens with one attached hydrogen (secondary N) is 1. The summed E-state index contributed by atoms with van der Waals surface area (Å²) >= 11 is 1.62. The Balaban J connectivity index is 1.57. The third-order valence-electron chi connectivity index (χ3n) is 4.47. The minimum absolute atomic E-state index is 0.115. The molecule has 3 heterocycles. The molecule has 1 aromatic heterocycles. The molecular formula is C16H26N4OS. The van der Waals surface area contributed by atoms with Gasteiger partial charge in [-0.1, -0.05) is 13.8 Å². The number of nitrogens with zero attached hydrogens (tertiary/aromatic N) is 3. The number of hydrogen-bond acceptors (Lipinski definition) is 5. The molecule has 0 spiro atoms. The lowest BCUT2D eigenvalue weighted by molar-refractivity contribution is 0.0768. The van der Waals surface area contributed by atoms with Crippen molar-refractivity contribution >= 4 is 17.2 Å². The number of carbonyl (C=O) groups is 1. The average molecular weight is 322 g/mol. The quantitative estimate of drug-likeness (QED) is 0.912. The molecule has 0 aromatic carbocycles. The number of aromatic nitrogens is 1. The summed E-state index contributed by atoms with van der Waals surface area (Å²) in [5, 5.41) is 6.39. The predicted molar refractivity (Wildman–Crippen MR) is 89.4 cm³/mol. The van der Waals surface area contributed by atoms with Gasteiger partial charge in [-0.15, -0.1) is 11.3 Å². The normalized spacial score (nSPS) is 23.4. The lowest BCUT2D eigenvalue weighted by Gasteiger charge is -2.32. The first-order chi connectivity index (χ1) is 10.6. The van der Waals surface area contributed by atoms with Crippen LogP contribution in [0, 0.1) is 5.92 Å². The van der Waals surface area contributed by atoms with Gasteiger partial charge in [0.1, 0.15) is 5.69 Å². The Labute approximate surface area is 136 Å². The summed E-state index contributed by atoms with van der Waals surface area (Å²) in [4.78, 5) is 21.7. The van der Waals surface area contributed by atoms with Crippen LogP contribution in [0.1, 0.15) is 35.8 Å². The topological polar surface area (TPSA) is 48.5 Å². The molecule has 1 atom stereocenters. The van der Waals surface area contributed by atoms with Crippen molar-refractivity contribution in [3.8, 4) is 0 Å². The van der Waals surface area contributed by atoms with E-state index in [0.717, 1.165) is 57.1 Å². The van der Waals surface area contributed by atoms with E-state index in [1.807, 2.05) is 10.3 Å². The van der Waals surface area contributed by atoms with Crippen molar-refractivity contribution in [2.45, 2.75) is 32.7 Å². The van der Waals surface area contributed by atoms with Gasteiger partial charge in [-0.05, 0) is 12.3 Å². The minimum atomic E-state index is 0.115. The molecule has 122 valence electrons. The van der Waals surface area contributed by atoms with Crippen LogP contribution in [0.4, 0.5) is 0 Å². The maximum absolute atomic E-state index is 12.6. The summed E-state index contributed by atoms with van der Waals surface area (Å²) in [7, 11) is 0. The third kappa shape index (κ3) is 3.67. The van der Waals surface area contributed by atoms with Crippen molar-refractivity contribution in [2.24, 2.45) is 5.92 Å². The van der Waals surface area contributed by atoms with Crippen LogP contribution in [0.3, 0.4) is 0 Å². The van der Waals surface area contributed by atoms with Crippen LogP contribution in [-0.4, -0.2) is 66.0 Å². The maximum atomic E-state index is 12.6. The first-order valence-corrected chi connectivity index (χ1v) is 9.20. The van der Waals surface area contributed by atoms with Gasteiger partial charge in [0.05, 0.1) is 5.01 Å². The fraction of sp³-hybridized carbons (Fsp3) is 0.750. The molecule has 0 aliphatic carbocycles. The van der Waals surface area contributed by atoms with Crippen molar-refractivity contribution in [3.05, 3.63) is 16.1 Å². The number of amides is 1. The molecule has 2 saturated heterocycles. The first-order valence-electron chi connectivity index (χ1n) is 8.32. The molecule has 1 aromatic rings. The van der Waals surface area contributed by atoms with E-state index in [2.05, 4.69) is 29.0 Å². The molecule has 0 bridgehead atoms. The zero-order chi connectivity index (χ0) is 15.5. The predicted octanol–water partition coefficient (Wildman–Crippen LogP) is 1.46. The van der Waals surface area contributed by atoms with Crippen molar-refractivity contribution < 1.29 is 4.79 Å². The van der Waals surface area contributed by atoms with Crippen molar-refractivity contribution in [2.75, 3.05) is 39.3 Å². The van der Waals surface area contributed by atoms with Crippen molar-refractivity contribution in [1.82, 2.24) is 20.1 Å². The highest BCUT2D eigenvalue weighted by molar-refractivity contribution is 7.09. The van der Waals surface area contributed by atoms with E-state index in [1.165, 1.54) is 0 Å². The molecule has 2 aliphatic rings. The second-order valence-electron chi connectivity index (χ2n) is 6.70. The summed E-state index contributed by atoms with van der Waals surface area (Å²) < 4.78 is 0. The van der Waals surface area contributed by atoms with Crippen LogP contribution in [0.5, 0.6) is 0 Å². The van der Waals surface area contributed by atoms with E-state index in [-0.39, 0.29) is 5.91 Å². The number of rotatable bonds is 4. The molecular weight excluding hydrogens is 296 g/mol. The van der Waals surface area contributed by atoms with E-state index in [9.17, 15) is 4.79 Å². The number of thiazole rings is 1. The van der Waals surface area contributed by atoms with Gasteiger partial charge < -0.3 is 10.2 Å². The molecule has 0 radical (unpaired) electrons. The molecule has 2 aliphatic heterocycles. The first kappa shape index (κ1) is 15.9. The molecule has 3 rings (SSSR count). The minimum Gasteiger partial charge on any atom is -0.336 e. The number of hydrogen-bond donors (Lipinski definition) is 1. The standard InChI is InChI=1S/C16H26N4OS/c1-12(2)9-15-18-14(11-22-15)16(21)20-6-3-13(10-20)19-7-4-17-5-8-19/h11-13,17H,3-10H2,1-2H3. The van der Waals surface area contributed by atoms with Gasteiger partial charge in [0.15, 0.2) is 0 Å². The molecule has 2 fully saturated rings. The summed E-state index contributed by atoms with van der Waals surface area (Å²) in [6.45, 7) is 10.4. The summed E-state index contributed by atoms with van der Waals surface area (Å²) in [5.41, 5.74) is 0.640. The SMILES string of the molecule is CC(C)Cc1nc(C(=O)N2CCC(N3CCNCC3)C2)cs1. The van der Waals surface area contributed by atoms with Crippen LogP contribution in [0.15, 0.2) is 5.38 Å². The van der Waals surface area contributed by atoms with Crippen LogP contribution < -0.4 is 5.32 Å². The second-order valence-corrected chi connectivity index (χ2v) is 7.65. The van der Waals surface area contributed by atoms with E-state index < -0.39 is 0 Å². The van der Waals surface area contributed by atoms with Crippen LogP contribution in [0.2, 0.25) is 0 Å². The lowest BCUT2D eigenvalue weighted by atomic mass is 10.1. The van der Waals surface area contributed by atoms with Crippen LogP contribution in [0.25, 0.3) is 0 Å². The Bertz CT molecular complexity index is 510.